The molecular formula is C36H45ClF5N3O5. The third-order valence-electron chi connectivity index (χ3n) is 8.11. The molecule has 1 aliphatic heterocycles. The maximum absolute atomic E-state index is 14.4. The number of alkyl halides is 6. The van der Waals surface area contributed by atoms with Crippen LogP contribution in [0.3, 0.4) is 0 Å². The molecule has 1 unspecified atom stereocenters. The molecule has 50 heavy (non-hydrogen) atoms. The summed E-state index contributed by atoms with van der Waals surface area (Å²) in [5.41, 5.74) is 0.0871. The molecule has 276 valence electrons. The van der Waals surface area contributed by atoms with Gasteiger partial charge in [0.25, 0.3) is 0 Å². The largest absolute Gasteiger partial charge is 0.484 e. The smallest absolute Gasteiger partial charge is 0.420 e. The number of methoxy groups -OCH3 is 1. The van der Waals surface area contributed by atoms with Gasteiger partial charge in [-0.1, -0.05) is 43.9 Å². The summed E-state index contributed by atoms with van der Waals surface area (Å²) >= 11 is 5.92. The van der Waals surface area contributed by atoms with E-state index in [1.165, 1.54) is 32.4 Å². The van der Waals surface area contributed by atoms with Crippen LogP contribution in [0.15, 0.2) is 61.2 Å². The van der Waals surface area contributed by atoms with Crippen LogP contribution in [0.1, 0.15) is 55.7 Å². The Balaban J connectivity index is 2.13. The van der Waals surface area contributed by atoms with E-state index in [4.69, 9.17) is 30.5 Å². The number of carbonyl (C=O) groups excluding carboxylic acids is 1. The minimum absolute atomic E-state index is 0.0837. The lowest BCUT2D eigenvalue weighted by Gasteiger charge is -2.31. The van der Waals surface area contributed by atoms with Crippen molar-refractivity contribution in [3.8, 4) is 17.2 Å². The van der Waals surface area contributed by atoms with Gasteiger partial charge in [0.2, 0.25) is 0 Å². The van der Waals surface area contributed by atoms with Crippen LogP contribution >= 0.6 is 11.6 Å². The predicted octanol–water partition coefficient (Wildman–Crippen LogP) is 8.95. The first-order valence-electron chi connectivity index (χ1n) is 16.3. The number of esters is 1. The minimum Gasteiger partial charge on any atom is -0.484 e. The fourth-order valence-electron chi connectivity index (χ4n) is 5.73. The highest BCUT2D eigenvalue weighted by Crippen LogP contribution is 2.43. The zero-order chi connectivity index (χ0) is 36.8. The average Bonchev–Trinajstić information content (AvgIpc) is 3.55. The molecule has 0 aromatic heterocycles. The lowest BCUT2D eigenvalue weighted by molar-refractivity contribution is -0.146. The molecule has 1 fully saturated rings. The monoisotopic (exact) mass is 729 g/mol. The topological polar surface area (TPSA) is 81.3 Å². The van der Waals surface area contributed by atoms with Crippen LogP contribution in [-0.4, -0.2) is 63.5 Å². The molecule has 3 atom stereocenters. The van der Waals surface area contributed by atoms with E-state index in [1.807, 2.05) is 17.9 Å². The Morgan fingerprint density at radius 2 is 1.72 bits per heavy atom. The lowest BCUT2D eigenvalue weighted by atomic mass is 10.0. The van der Waals surface area contributed by atoms with E-state index in [-0.39, 0.29) is 48.0 Å². The predicted molar refractivity (Wildman–Crippen MR) is 185 cm³/mol. The summed E-state index contributed by atoms with van der Waals surface area (Å²) in [6, 6.07) is 4.81. The summed E-state index contributed by atoms with van der Waals surface area (Å²) in [5, 5.41) is 5.81. The van der Waals surface area contributed by atoms with E-state index >= 15 is 0 Å². The number of rotatable bonds is 19. The summed E-state index contributed by atoms with van der Waals surface area (Å²) in [6.45, 7) is 3.09. The Kier molecular flexibility index (Phi) is 15.7. The Labute approximate surface area is 295 Å². The van der Waals surface area contributed by atoms with Gasteiger partial charge in [0.1, 0.15) is 29.7 Å². The molecule has 2 N–H and O–H groups in total. The number of ether oxygens (including phenoxy) is 4. The molecule has 0 saturated carbocycles. The van der Waals surface area contributed by atoms with Crippen molar-refractivity contribution in [1.29, 1.82) is 0 Å². The molecule has 0 spiro atoms. The second-order valence-corrected chi connectivity index (χ2v) is 11.7. The van der Waals surface area contributed by atoms with Gasteiger partial charge in [-0.25, -0.2) is 0 Å². The van der Waals surface area contributed by atoms with Crippen molar-refractivity contribution >= 4 is 28.9 Å². The fraction of sp³-hybridized carbons (Fsp3) is 0.472. The molecule has 0 aliphatic carbocycles. The standard InChI is InChI=1S/C36H45ClF5N3O5/c1-6-8-10-14-29(30(15-11-9-7-2)49-33-25(36(40,41)42)17-23(21-37)18-27(33)44-4)48-32-20-31(50-35(38)39)24(19-26(32)43-3)22-45-16-12-13-28(45)34(46)47-5/h6,8-11,17-20,28-30,35,43-44H,1,7,12-16,21-22H2,2-5H3/b10-8-,11-9-/t28-,29+,30?/m0/s1. The van der Waals surface area contributed by atoms with Gasteiger partial charge in [-0.2, -0.15) is 22.0 Å². The van der Waals surface area contributed by atoms with E-state index in [0.717, 1.165) is 12.5 Å². The van der Waals surface area contributed by atoms with E-state index in [9.17, 15) is 26.7 Å². The number of anilines is 2. The van der Waals surface area contributed by atoms with Gasteiger partial charge in [-0.15, -0.1) is 11.6 Å². The van der Waals surface area contributed by atoms with E-state index in [0.29, 0.717) is 30.6 Å². The normalized spacial score (nSPS) is 16.5. The SMILES string of the molecule is C=C/C=C\C[C@@H](Oc1cc(OC(F)F)c(CN2CCC[C@H]2C(=O)OC)cc1NC)C(C/C=C\CC)Oc1c(NC)cc(CCl)cc1C(F)(F)F. The summed E-state index contributed by atoms with van der Waals surface area (Å²) in [7, 11) is 4.39. The van der Waals surface area contributed by atoms with E-state index in [2.05, 4.69) is 17.2 Å². The van der Waals surface area contributed by atoms with Crippen molar-refractivity contribution in [3.05, 3.63) is 77.9 Å². The molecule has 0 amide bonds. The molecule has 8 nitrogen and oxygen atoms in total. The van der Waals surface area contributed by atoms with Crippen LogP contribution in [0.4, 0.5) is 33.3 Å². The fourth-order valence-corrected chi connectivity index (χ4v) is 5.88. The highest BCUT2D eigenvalue weighted by molar-refractivity contribution is 6.17. The molecule has 2 aromatic carbocycles. The molecule has 0 bridgehead atoms. The van der Waals surface area contributed by atoms with Crippen molar-refractivity contribution in [2.45, 2.75) is 82.5 Å². The average molecular weight is 730 g/mol. The molecule has 1 saturated heterocycles. The van der Waals surface area contributed by atoms with Crippen molar-refractivity contribution in [2.75, 3.05) is 38.4 Å². The van der Waals surface area contributed by atoms with Gasteiger partial charge in [-0.05, 0) is 49.6 Å². The van der Waals surface area contributed by atoms with Crippen LogP contribution in [0, 0.1) is 0 Å². The summed E-state index contributed by atoms with van der Waals surface area (Å²) < 4.78 is 93.3. The molecule has 3 rings (SSSR count). The van der Waals surface area contributed by atoms with E-state index in [1.54, 1.807) is 31.3 Å². The van der Waals surface area contributed by atoms with Gasteiger partial charge in [-0.3, -0.25) is 9.69 Å². The highest BCUT2D eigenvalue weighted by Gasteiger charge is 2.38. The number of nitrogens with one attached hydrogen (secondary N) is 2. The zero-order valence-electron chi connectivity index (χ0n) is 28.6. The maximum atomic E-state index is 14.4. The molecule has 0 radical (unpaired) electrons. The first kappa shape index (κ1) is 40.5. The molecule has 1 heterocycles. The molecule has 2 aromatic rings. The molecular weight excluding hydrogens is 685 g/mol. The number of likely N-dealkylation sites (tertiary alicyclic amines) is 1. The number of allylic oxidation sites excluding steroid dienone is 3. The van der Waals surface area contributed by atoms with Crippen LogP contribution in [0.25, 0.3) is 0 Å². The number of hydrogen-bond acceptors (Lipinski definition) is 8. The van der Waals surface area contributed by atoms with E-state index < -0.39 is 48.3 Å². The van der Waals surface area contributed by atoms with Crippen LogP contribution in [0.5, 0.6) is 17.2 Å². The van der Waals surface area contributed by atoms with Gasteiger partial charge >= 0.3 is 18.8 Å². The summed E-state index contributed by atoms with van der Waals surface area (Å²) in [6.07, 6.45) is 4.10. The van der Waals surface area contributed by atoms with Crippen LogP contribution in [-0.2, 0) is 28.1 Å². The van der Waals surface area contributed by atoms with Gasteiger partial charge in [0.05, 0.1) is 24.0 Å². The van der Waals surface area contributed by atoms with Crippen molar-refractivity contribution in [2.24, 2.45) is 0 Å². The second kappa shape index (κ2) is 19.4. The van der Waals surface area contributed by atoms with Crippen molar-refractivity contribution < 1.29 is 45.7 Å². The zero-order valence-corrected chi connectivity index (χ0v) is 29.4. The number of hydrogen-bond donors (Lipinski definition) is 2. The first-order valence-corrected chi connectivity index (χ1v) is 16.8. The second-order valence-electron chi connectivity index (χ2n) is 11.5. The highest BCUT2D eigenvalue weighted by atomic mass is 35.5. The quantitative estimate of drug-likeness (QED) is 0.0488. The number of nitrogens with zero attached hydrogens (tertiary/aromatic N) is 1. The Hall–Kier alpha value is -3.97. The Morgan fingerprint density at radius 3 is 2.32 bits per heavy atom. The van der Waals surface area contributed by atoms with Crippen LogP contribution < -0.4 is 24.8 Å². The summed E-state index contributed by atoms with van der Waals surface area (Å²) in [5.74, 6) is -1.07. The minimum atomic E-state index is -4.77. The maximum Gasteiger partial charge on any atom is 0.420 e. The number of halogens is 6. The van der Waals surface area contributed by atoms with Gasteiger partial charge in [0, 0.05) is 51.0 Å². The Bertz CT molecular complexity index is 1490. The summed E-state index contributed by atoms with van der Waals surface area (Å²) in [4.78, 5) is 14.2. The molecule has 14 heteroatoms. The van der Waals surface area contributed by atoms with Crippen LogP contribution in [0.2, 0.25) is 0 Å². The van der Waals surface area contributed by atoms with Gasteiger partial charge < -0.3 is 29.6 Å². The molecule has 1 aliphatic rings. The Morgan fingerprint density at radius 1 is 1.02 bits per heavy atom. The third-order valence-corrected chi connectivity index (χ3v) is 8.42. The van der Waals surface area contributed by atoms with Crippen molar-refractivity contribution in [1.82, 2.24) is 4.90 Å². The van der Waals surface area contributed by atoms with Crippen molar-refractivity contribution in [3.63, 3.8) is 0 Å². The third kappa shape index (κ3) is 11.0. The van der Waals surface area contributed by atoms with Gasteiger partial charge in [0.15, 0.2) is 5.75 Å². The lowest BCUT2D eigenvalue weighted by Crippen LogP contribution is -2.37. The number of benzene rings is 2. The first-order chi connectivity index (χ1) is 23.9. The number of carbonyl (C=O) groups is 1.